The Kier molecular flexibility index (Phi) is 3.15. The summed E-state index contributed by atoms with van der Waals surface area (Å²) in [5.74, 6) is 0.160. The standard InChI is InChI=1S/C10H11N3O/c1-7(2)10(14)8-5-3-4-6-9(8)12-13-11/h3-6,14H,1-2H3. The van der Waals surface area contributed by atoms with Crippen molar-refractivity contribution < 1.29 is 5.11 Å². The van der Waals surface area contributed by atoms with Crippen LogP contribution in [0.1, 0.15) is 19.4 Å². The fraction of sp³-hybridized carbons (Fsp3) is 0.200. The topological polar surface area (TPSA) is 69.0 Å². The van der Waals surface area contributed by atoms with E-state index in [1.807, 2.05) is 0 Å². The minimum Gasteiger partial charge on any atom is -0.507 e. The molecule has 0 spiro atoms. The minimum absolute atomic E-state index is 0.160. The van der Waals surface area contributed by atoms with E-state index in [9.17, 15) is 5.11 Å². The van der Waals surface area contributed by atoms with E-state index in [0.29, 0.717) is 11.3 Å². The number of allylic oxidation sites excluding steroid dienone is 1. The molecule has 0 aliphatic carbocycles. The Morgan fingerprint density at radius 2 is 2.00 bits per heavy atom. The molecule has 0 bridgehead atoms. The summed E-state index contributed by atoms with van der Waals surface area (Å²) >= 11 is 0. The lowest BCUT2D eigenvalue weighted by molar-refractivity contribution is 0.506. The maximum atomic E-state index is 9.70. The summed E-state index contributed by atoms with van der Waals surface area (Å²) in [5.41, 5.74) is 10.1. The Balaban J connectivity index is 3.34. The maximum Gasteiger partial charge on any atom is 0.121 e. The van der Waals surface area contributed by atoms with Crippen molar-refractivity contribution in [1.82, 2.24) is 0 Å². The Hall–Kier alpha value is -1.93. The third-order valence-electron chi connectivity index (χ3n) is 1.79. The molecule has 0 amide bonds. The van der Waals surface area contributed by atoms with Crippen molar-refractivity contribution in [3.63, 3.8) is 0 Å². The largest absolute Gasteiger partial charge is 0.507 e. The van der Waals surface area contributed by atoms with Gasteiger partial charge in [-0.25, -0.2) is 0 Å². The van der Waals surface area contributed by atoms with Gasteiger partial charge in [0, 0.05) is 16.2 Å². The summed E-state index contributed by atoms with van der Waals surface area (Å²) in [6, 6.07) is 6.91. The lowest BCUT2D eigenvalue weighted by Crippen LogP contribution is -1.85. The third kappa shape index (κ3) is 2.06. The molecule has 1 N–H and O–H groups in total. The lowest BCUT2D eigenvalue weighted by Gasteiger charge is -2.05. The smallest absolute Gasteiger partial charge is 0.121 e. The summed E-state index contributed by atoms with van der Waals surface area (Å²) < 4.78 is 0. The minimum atomic E-state index is 0.160. The fourth-order valence-electron chi connectivity index (χ4n) is 1.08. The molecule has 1 rings (SSSR count). The van der Waals surface area contributed by atoms with E-state index in [1.54, 1.807) is 38.1 Å². The van der Waals surface area contributed by atoms with Gasteiger partial charge >= 0.3 is 0 Å². The van der Waals surface area contributed by atoms with Gasteiger partial charge in [-0.3, -0.25) is 0 Å². The van der Waals surface area contributed by atoms with Crippen LogP contribution in [-0.2, 0) is 0 Å². The number of rotatable bonds is 2. The van der Waals surface area contributed by atoms with Gasteiger partial charge in [0.15, 0.2) is 0 Å². The van der Waals surface area contributed by atoms with Crippen molar-refractivity contribution in [3.8, 4) is 0 Å². The van der Waals surface area contributed by atoms with Crippen LogP contribution in [0.4, 0.5) is 5.69 Å². The second-order valence-corrected chi connectivity index (χ2v) is 3.06. The molecule has 1 aromatic carbocycles. The van der Waals surface area contributed by atoms with E-state index in [1.165, 1.54) is 0 Å². The Labute approximate surface area is 82.1 Å². The van der Waals surface area contributed by atoms with Crippen LogP contribution in [0.3, 0.4) is 0 Å². The molecule has 0 aliphatic rings. The number of hydrogen-bond acceptors (Lipinski definition) is 2. The van der Waals surface area contributed by atoms with Gasteiger partial charge in [0.25, 0.3) is 0 Å². The van der Waals surface area contributed by atoms with E-state index in [0.717, 1.165) is 5.57 Å². The molecule has 4 heteroatoms. The molecule has 0 aliphatic heterocycles. The number of azide groups is 1. The lowest BCUT2D eigenvalue weighted by atomic mass is 10.1. The average Bonchev–Trinajstić information content (AvgIpc) is 2.18. The predicted octanol–water partition coefficient (Wildman–Crippen LogP) is 3.94. The van der Waals surface area contributed by atoms with Crippen molar-refractivity contribution in [2.24, 2.45) is 5.11 Å². The van der Waals surface area contributed by atoms with Crippen LogP contribution >= 0.6 is 0 Å². The molecule has 0 atom stereocenters. The molecule has 0 saturated heterocycles. The predicted molar refractivity (Wildman–Crippen MR) is 56.1 cm³/mol. The summed E-state index contributed by atoms with van der Waals surface area (Å²) in [7, 11) is 0. The normalized spacial score (nSPS) is 9.00. The molecule has 14 heavy (non-hydrogen) atoms. The first kappa shape index (κ1) is 10.2. The van der Waals surface area contributed by atoms with Gasteiger partial charge in [-0.05, 0) is 25.0 Å². The second-order valence-electron chi connectivity index (χ2n) is 3.06. The van der Waals surface area contributed by atoms with Crippen molar-refractivity contribution in [1.29, 1.82) is 0 Å². The van der Waals surface area contributed by atoms with Crippen LogP contribution in [-0.4, -0.2) is 5.11 Å². The molecule has 72 valence electrons. The molecule has 0 saturated carbocycles. The summed E-state index contributed by atoms with van der Waals surface area (Å²) in [6.07, 6.45) is 0. The zero-order valence-corrected chi connectivity index (χ0v) is 8.10. The summed E-state index contributed by atoms with van der Waals surface area (Å²) in [6.45, 7) is 3.59. The second kappa shape index (κ2) is 4.35. The zero-order valence-electron chi connectivity index (χ0n) is 8.10. The zero-order chi connectivity index (χ0) is 10.6. The average molecular weight is 189 g/mol. The molecule has 1 aromatic rings. The van der Waals surface area contributed by atoms with Gasteiger partial charge in [-0.1, -0.05) is 29.4 Å². The highest BCUT2D eigenvalue weighted by Gasteiger charge is 2.05. The van der Waals surface area contributed by atoms with Crippen LogP contribution in [0, 0.1) is 0 Å². The first-order chi connectivity index (χ1) is 6.66. The fourth-order valence-corrected chi connectivity index (χ4v) is 1.08. The van der Waals surface area contributed by atoms with Gasteiger partial charge in [-0.2, -0.15) is 0 Å². The Bertz CT molecular complexity index is 413. The number of aliphatic hydroxyl groups excluding tert-OH is 1. The molecule has 0 unspecified atom stereocenters. The van der Waals surface area contributed by atoms with E-state index in [4.69, 9.17) is 5.53 Å². The van der Waals surface area contributed by atoms with E-state index in [-0.39, 0.29) is 5.76 Å². The number of nitrogens with zero attached hydrogens (tertiary/aromatic N) is 3. The monoisotopic (exact) mass is 189 g/mol. The molecular weight excluding hydrogens is 178 g/mol. The Morgan fingerprint density at radius 1 is 1.36 bits per heavy atom. The number of aliphatic hydroxyl groups is 1. The van der Waals surface area contributed by atoms with Crippen molar-refractivity contribution >= 4 is 11.4 Å². The summed E-state index contributed by atoms with van der Waals surface area (Å²) in [5, 5.41) is 13.2. The van der Waals surface area contributed by atoms with Crippen LogP contribution in [0.5, 0.6) is 0 Å². The van der Waals surface area contributed by atoms with Gasteiger partial charge in [0.05, 0.1) is 0 Å². The van der Waals surface area contributed by atoms with Crippen molar-refractivity contribution in [2.45, 2.75) is 13.8 Å². The molecule has 0 aromatic heterocycles. The SMILES string of the molecule is CC(C)=C(O)c1ccccc1N=[N+]=[N-]. The third-order valence-corrected chi connectivity index (χ3v) is 1.79. The van der Waals surface area contributed by atoms with Gasteiger partial charge < -0.3 is 5.11 Å². The van der Waals surface area contributed by atoms with Gasteiger partial charge in [0.1, 0.15) is 5.76 Å². The highest BCUT2D eigenvalue weighted by molar-refractivity contribution is 5.71. The molecule has 0 radical (unpaired) electrons. The van der Waals surface area contributed by atoms with Gasteiger partial charge in [0.2, 0.25) is 0 Å². The molecule has 0 heterocycles. The highest BCUT2D eigenvalue weighted by Crippen LogP contribution is 2.26. The summed E-state index contributed by atoms with van der Waals surface area (Å²) in [4.78, 5) is 2.70. The Morgan fingerprint density at radius 3 is 2.57 bits per heavy atom. The van der Waals surface area contributed by atoms with Crippen LogP contribution in [0.15, 0.2) is 35.0 Å². The van der Waals surface area contributed by atoms with E-state index >= 15 is 0 Å². The molecule has 0 fully saturated rings. The molecular formula is C10H11N3O. The maximum absolute atomic E-state index is 9.70. The molecule has 4 nitrogen and oxygen atoms in total. The van der Waals surface area contributed by atoms with Gasteiger partial charge in [-0.15, -0.1) is 0 Å². The van der Waals surface area contributed by atoms with Crippen LogP contribution in [0.2, 0.25) is 0 Å². The van der Waals surface area contributed by atoms with Crippen molar-refractivity contribution in [3.05, 3.63) is 45.8 Å². The van der Waals surface area contributed by atoms with Crippen LogP contribution in [0.25, 0.3) is 16.2 Å². The van der Waals surface area contributed by atoms with Crippen LogP contribution < -0.4 is 0 Å². The first-order valence-corrected chi connectivity index (χ1v) is 4.17. The van der Waals surface area contributed by atoms with Crippen molar-refractivity contribution in [2.75, 3.05) is 0 Å². The quantitative estimate of drug-likeness (QED) is 0.325. The van der Waals surface area contributed by atoms with E-state index < -0.39 is 0 Å². The highest BCUT2D eigenvalue weighted by atomic mass is 16.3. The first-order valence-electron chi connectivity index (χ1n) is 4.17. The number of benzene rings is 1. The number of hydrogen-bond donors (Lipinski definition) is 1. The van der Waals surface area contributed by atoms with E-state index in [2.05, 4.69) is 10.0 Å².